The van der Waals surface area contributed by atoms with Crippen LogP contribution in [0.4, 0.5) is 0 Å². The van der Waals surface area contributed by atoms with E-state index in [1.54, 1.807) is 18.2 Å². The monoisotopic (exact) mass is 586 g/mol. The molecule has 0 spiro atoms. The average molecular weight is 587 g/mol. The third-order valence-corrected chi connectivity index (χ3v) is 8.41. The summed E-state index contributed by atoms with van der Waals surface area (Å²) in [5, 5.41) is 30.6. The molecule has 0 saturated carbocycles. The van der Waals surface area contributed by atoms with Gasteiger partial charge in [-0.2, -0.15) is 0 Å². The summed E-state index contributed by atoms with van der Waals surface area (Å²) >= 11 is 0. The van der Waals surface area contributed by atoms with E-state index >= 15 is 0 Å². The molecule has 2 unspecified atom stereocenters. The summed E-state index contributed by atoms with van der Waals surface area (Å²) in [5.41, 5.74) is 14.3. The number of aliphatic imine (C=N–C) groups is 2. The third kappa shape index (κ3) is 7.41. The van der Waals surface area contributed by atoms with Crippen molar-refractivity contribution in [2.24, 2.45) is 15.7 Å². The maximum atomic E-state index is 12.4. The van der Waals surface area contributed by atoms with Crippen molar-refractivity contribution in [2.45, 2.75) is 83.6 Å². The van der Waals surface area contributed by atoms with Gasteiger partial charge in [0.1, 0.15) is 11.9 Å². The highest BCUT2D eigenvalue weighted by molar-refractivity contribution is 5.88. The molecule has 5 N–H and O–H groups in total. The quantitative estimate of drug-likeness (QED) is 0.227. The number of carbonyl (C=O) groups excluding carboxylic acids is 1. The number of phenolic OH excluding ortho intramolecular Hbond substituents is 1. The van der Waals surface area contributed by atoms with Gasteiger partial charge in [-0.05, 0) is 58.4 Å². The molecule has 3 aliphatic rings. The van der Waals surface area contributed by atoms with Crippen LogP contribution < -0.4 is 10.5 Å². The van der Waals surface area contributed by atoms with Crippen LogP contribution >= 0.6 is 0 Å². The van der Waals surface area contributed by atoms with Gasteiger partial charge < -0.3 is 30.7 Å². The zero-order chi connectivity index (χ0) is 30.3. The molecule has 2 atom stereocenters. The van der Waals surface area contributed by atoms with E-state index in [1.165, 1.54) is 0 Å². The number of rotatable bonds is 15. The van der Waals surface area contributed by atoms with Crippen molar-refractivity contribution in [1.82, 2.24) is 4.90 Å². The summed E-state index contributed by atoms with van der Waals surface area (Å²) in [6.45, 7) is 2.91. The number of fused-ring (bicyclic) bond motifs is 2. The fourth-order valence-corrected chi connectivity index (χ4v) is 5.96. The number of aromatic hydroxyl groups is 1. The first-order chi connectivity index (χ1) is 20.9. The van der Waals surface area contributed by atoms with Crippen molar-refractivity contribution >= 4 is 18.2 Å². The summed E-state index contributed by atoms with van der Waals surface area (Å²) in [4.78, 5) is 23.4. The summed E-state index contributed by atoms with van der Waals surface area (Å²) in [6, 6.07) is 9.06. The molecule has 9 nitrogen and oxygen atoms in total. The van der Waals surface area contributed by atoms with Crippen molar-refractivity contribution in [1.29, 1.82) is 0 Å². The number of Topliss-reactive ketones (excluding diaryl/α,β-unsaturated/α-hetero) is 1. The number of nitrogens with zero attached hydrogens (tertiary/aromatic N) is 3. The van der Waals surface area contributed by atoms with Gasteiger partial charge in [0.05, 0.1) is 18.4 Å². The molecule has 0 amide bonds. The van der Waals surface area contributed by atoms with Crippen LogP contribution in [0.5, 0.6) is 11.5 Å². The maximum absolute atomic E-state index is 12.4. The summed E-state index contributed by atoms with van der Waals surface area (Å²) in [6.07, 6.45) is 10.9. The number of allylic oxidation sites excluding steroid dienone is 1. The fraction of sp³-hybridized carbons (Fsp3) is 0.441. The Morgan fingerprint density at radius 1 is 1.23 bits per heavy atom. The Morgan fingerprint density at radius 2 is 2.09 bits per heavy atom. The Hall–Kier alpha value is -3.79. The molecule has 2 aromatic carbocycles. The molecule has 0 aromatic heterocycles. The largest absolute Gasteiger partial charge is 0.504 e. The van der Waals surface area contributed by atoms with E-state index in [4.69, 9.17) is 10.5 Å². The van der Waals surface area contributed by atoms with Gasteiger partial charge in [-0.3, -0.25) is 14.8 Å². The van der Waals surface area contributed by atoms with E-state index in [1.807, 2.05) is 35.7 Å². The average Bonchev–Trinajstić information content (AvgIpc) is 3.57. The van der Waals surface area contributed by atoms with E-state index in [0.29, 0.717) is 44.4 Å². The standard InChI is InChI=1S/C34H42N4O5/c1-2-3-4-5-25(40)16-26(41)9-6-22-7-11-32(42)33(14-22)43-21-38-18-30-24(17-37-31(30)19-38)15-29-23(20-39)8-10-28-27(29)12-13-36-34(28)35/h7-8,10-11,13-14,17,19,25,34,39-40,42H,2-6,9,12,15-16,18,20-21,35H2,1H3. The van der Waals surface area contributed by atoms with Crippen LogP contribution in [0.15, 0.2) is 63.4 Å². The van der Waals surface area contributed by atoms with Gasteiger partial charge in [0.2, 0.25) is 0 Å². The van der Waals surface area contributed by atoms with Crippen LogP contribution in [0.25, 0.3) is 0 Å². The normalized spacial score (nSPS) is 17.7. The predicted molar refractivity (Wildman–Crippen MR) is 167 cm³/mol. The van der Waals surface area contributed by atoms with Crippen LogP contribution in [0, 0.1) is 0 Å². The molecule has 0 aliphatic carbocycles. The molecule has 5 rings (SSSR count). The number of aliphatic hydroxyl groups excluding tert-OH is 2. The van der Waals surface area contributed by atoms with Crippen LogP contribution in [-0.2, 0) is 30.7 Å². The van der Waals surface area contributed by atoms with E-state index in [0.717, 1.165) is 63.9 Å². The van der Waals surface area contributed by atoms with Crippen molar-refractivity contribution in [3.05, 3.63) is 81.2 Å². The fourth-order valence-electron chi connectivity index (χ4n) is 5.96. The first-order valence-corrected chi connectivity index (χ1v) is 15.2. The highest BCUT2D eigenvalue weighted by Crippen LogP contribution is 2.35. The predicted octanol–water partition coefficient (Wildman–Crippen LogP) is 4.42. The Bertz CT molecular complexity index is 1460. The third-order valence-electron chi connectivity index (χ3n) is 8.41. The first kappa shape index (κ1) is 30.7. The van der Waals surface area contributed by atoms with Crippen molar-refractivity contribution in [3.8, 4) is 11.5 Å². The van der Waals surface area contributed by atoms with Gasteiger partial charge in [0.15, 0.2) is 18.2 Å². The molecule has 3 aliphatic heterocycles. The number of carbonyl (C=O) groups is 1. The highest BCUT2D eigenvalue weighted by Gasteiger charge is 2.27. The van der Waals surface area contributed by atoms with Crippen molar-refractivity contribution < 1.29 is 24.9 Å². The lowest BCUT2D eigenvalue weighted by atomic mass is 9.87. The summed E-state index contributed by atoms with van der Waals surface area (Å²) < 4.78 is 6.00. The second-order valence-corrected chi connectivity index (χ2v) is 11.6. The maximum Gasteiger partial charge on any atom is 0.163 e. The zero-order valence-electron chi connectivity index (χ0n) is 24.8. The van der Waals surface area contributed by atoms with E-state index in [-0.39, 0.29) is 37.5 Å². The van der Waals surface area contributed by atoms with E-state index < -0.39 is 6.10 Å². The second kappa shape index (κ2) is 14.1. The number of nitrogens with two attached hydrogens (primary N) is 1. The number of ether oxygens (including phenoxy) is 1. The van der Waals surface area contributed by atoms with E-state index in [9.17, 15) is 20.1 Å². The molecule has 2 aromatic rings. The van der Waals surface area contributed by atoms with Crippen LogP contribution in [0.3, 0.4) is 0 Å². The van der Waals surface area contributed by atoms with Gasteiger partial charge in [-0.15, -0.1) is 0 Å². The molecular formula is C34H42N4O5. The Kier molecular flexibility index (Phi) is 10.1. The Morgan fingerprint density at radius 3 is 2.91 bits per heavy atom. The smallest absolute Gasteiger partial charge is 0.163 e. The topological polar surface area (TPSA) is 141 Å². The first-order valence-electron chi connectivity index (χ1n) is 15.2. The van der Waals surface area contributed by atoms with Gasteiger partial charge in [0.25, 0.3) is 0 Å². The summed E-state index contributed by atoms with van der Waals surface area (Å²) in [7, 11) is 0. The highest BCUT2D eigenvalue weighted by atomic mass is 16.5. The van der Waals surface area contributed by atoms with Crippen molar-refractivity contribution in [3.63, 3.8) is 0 Å². The van der Waals surface area contributed by atoms with Crippen LogP contribution in [0.2, 0.25) is 0 Å². The number of benzene rings is 2. The number of hydrogen-bond acceptors (Lipinski definition) is 9. The number of hydrogen-bond donors (Lipinski definition) is 4. The number of aryl methyl sites for hydroxylation is 1. The molecule has 0 fully saturated rings. The Balaban J connectivity index is 1.18. The molecule has 3 heterocycles. The molecule has 0 saturated heterocycles. The minimum absolute atomic E-state index is 0.0394. The minimum Gasteiger partial charge on any atom is -0.504 e. The lowest BCUT2D eigenvalue weighted by Gasteiger charge is -2.23. The SMILES string of the molecule is CCCCCC(O)CC(=O)CCc1ccc(O)c(OCN2C=C3N=CC(Cc4c(CO)ccc5c4CC=NC5N)=C3C2)c1. The number of unbranched alkanes of at least 4 members (excludes halogenated alkanes) is 2. The summed E-state index contributed by atoms with van der Waals surface area (Å²) in [5.74, 6) is 0.440. The van der Waals surface area contributed by atoms with Crippen LogP contribution in [0.1, 0.15) is 79.4 Å². The minimum atomic E-state index is -0.575. The second-order valence-electron chi connectivity index (χ2n) is 11.6. The molecule has 43 heavy (non-hydrogen) atoms. The van der Waals surface area contributed by atoms with Gasteiger partial charge >= 0.3 is 0 Å². The molecule has 228 valence electrons. The number of aliphatic hydroxyl groups is 2. The molecule has 0 bridgehead atoms. The molecule has 0 radical (unpaired) electrons. The van der Waals surface area contributed by atoms with Gasteiger partial charge in [-0.1, -0.05) is 44.4 Å². The molecular weight excluding hydrogens is 544 g/mol. The zero-order valence-corrected chi connectivity index (χ0v) is 24.8. The lowest BCUT2D eigenvalue weighted by Crippen LogP contribution is -2.22. The van der Waals surface area contributed by atoms with Gasteiger partial charge in [0, 0.05) is 56.4 Å². The molecule has 9 heteroatoms. The Labute approximate surface area is 253 Å². The number of phenols is 1. The van der Waals surface area contributed by atoms with Crippen LogP contribution in [-0.4, -0.2) is 57.8 Å². The lowest BCUT2D eigenvalue weighted by molar-refractivity contribution is -0.121. The van der Waals surface area contributed by atoms with E-state index in [2.05, 4.69) is 16.9 Å². The van der Waals surface area contributed by atoms with Gasteiger partial charge in [-0.25, -0.2) is 0 Å². The van der Waals surface area contributed by atoms with Crippen molar-refractivity contribution in [2.75, 3.05) is 13.3 Å². The number of ketones is 1.